The number of carboxylic acid groups (broad SMARTS) is 1. The van der Waals surface area contributed by atoms with Crippen LogP contribution in [-0.2, 0) is 17.3 Å². The van der Waals surface area contributed by atoms with Crippen molar-refractivity contribution in [2.45, 2.75) is 32.2 Å². The van der Waals surface area contributed by atoms with Crippen molar-refractivity contribution in [3.05, 3.63) is 17.5 Å². The number of carboxylic acids is 1. The minimum absolute atomic E-state index is 0.166. The zero-order valence-electron chi connectivity index (χ0n) is 11.4. The number of nitrogens with zero attached hydrogens (tertiary/aromatic N) is 3. The van der Waals surface area contributed by atoms with Crippen molar-refractivity contribution in [2.75, 3.05) is 14.1 Å². The normalized spacial score (nSPS) is 14.1. The van der Waals surface area contributed by atoms with Crippen molar-refractivity contribution in [1.82, 2.24) is 14.7 Å². The van der Waals surface area contributed by atoms with Crippen LogP contribution in [0.2, 0.25) is 0 Å². The SMILES string of the molecule is CN(C)C(C(=O)O)c1cn(C)nc1C(C)(C)C. The van der Waals surface area contributed by atoms with Crippen LogP contribution >= 0.6 is 0 Å². The highest BCUT2D eigenvalue weighted by atomic mass is 16.4. The lowest BCUT2D eigenvalue weighted by molar-refractivity contribution is -0.142. The molecule has 0 bridgehead atoms. The van der Waals surface area contributed by atoms with E-state index < -0.39 is 12.0 Å². The Labute approximate surface area is 102 Å². The Morgan fingerprint density at radius 2 is 2.00 bits per heavy atom. The van der Waals surface area contributed by atoms with Gasteiger partial charge in [-0.15, -0.1) is 0 Å². The third-order valence-electron chi connectivity index (χ3n) is 2.61. The van der Waals surface area contributed by atoms with Gasteiger partial charge in [-0.05, 0) is 14.1 Å². The fourth-order valence-electron chi connectivity index (χ4n) is 1.92. The first-order chi connectivity index (χ1) is 7.64. The van der Waals surface area contributed by atoms with E-state index in [2.05, 4.69) is 5.10 Å². The summed E-state index contributed by atoms with van der Waals surface area (Å²) in [5, 5.41) is 13.7. The summed E-state index contributed by atoms with van der Waals surface area (Å²) in [6, 6.07) is -0.655. The van der Waals surface area contributed by atoms with E-state index in [4.69, 9.17) is 0 Å². The molecule has 1 atom stereocenters. The Morgan fingerprint density at radius 1 is 1.47 bits per heavy atom. The van der Waals surface area contributed by atoms with Crippen LogP contribution in [0, 0.1) is 0 Å². The predicted octanol–water partition coefficient (Wildman–Crippen LogP) is 1.40. The first kappa shape index (κ1) is 13.7. The summed E-state index contributed by atoms with van der Waals surface area (Å²) >= 11 is 0. The number of carbonyl (C=O) groups is 1. The number of hydrogen-bond acceptors (Lipinski definition) is 3. The molecule has 0 aliphatic rings. The van der Waals surface area contributed by atoms with Crippen molar-refractivity contribution in [3.8, 4) is 0 Å². The zero-order valence-corrected chi connectivity index (χ0v) is 11.4. The summed E-state index contributed by atoms with van der Waals surface area (Å²) in [6.07, 6.45) is 1.79. The highest BCUT2D eigenvalue weighted by Crippen LogP contribution is 2.30. The molecule has 96 valence electrons. The fraction of sp³-hybridized carbons (Fsp3) is 0.667. The van der Waals surface area contributed by atoms with Crippen molar-refractivity contribution in [3.63, 3.8) is 0 Å². The molecule has 0 fully saturated rings. The van der Waals surface area contributed by atoms with Gasteiger partial charge in [-0.1, -0.05) is 20.8 Å². The summed E-state index contributed by atoms with van der Waals surface area (Å²) in [5.74, 6) is -0.853. The quantitative estimate of drug-likeness (QED) is 0.866. The lowest BCUT2D eigenvalue weighted by Crippen LogP contribution is -2.29. The van der Waals surface area contributed by atoms with Gasteiger partial charge >= 0.3 is 5.97 Å². The average molecular weight is 239 g/mol. The van der Waals surface area contributed by atoms with Crippen LogP contribution < -0.4 is 0 Å². The molecule has 0 aliphatic heterocycles. The van der Waals surface area contributed by atoms with Crippen molar-refractivity contribution >= 4 is 5.97 Å². The molecule has 1 N–H and O–H groups in total. The Balaban J connectivity index is 3.34. The molecular formula is C12H21N3O2. The standard InChI is InChI=1S/C12H21N3O2/c1-12(2,3)10-8(7-15(6)13-10)9(11(16)17)14(4)5/h7,9H,1-6H3,(H,16,17). The maximum atomic E-state index is 11.4. The second-order valence-corrected chi connectivity index (χ2v) is 5.56. The summed E-state index contributed by atoms with van der Waals surface area (Å²) < 4.78 is 1.68. The number of aromatic nitrogens is 2. The summed E-state index contributed by atoms with van der Waals surface area (Å²) in [4.78, 5) is 13.0. The molecule has 0 saturated heterocycles. The van der Waals surface area contributed by atoms with E-state index >= 15 is 0 Å². The Kier molecular flexibility index (Phi) is 3.62. The van der Waals surface area contributed by atoms with Gasteiger partial charge in [0.15, 0.2) is 0 Å². The molecule has 1 aromatic rings. The van der Waals surface area contributed by atoms with Crippen LogP contribution in [0.5, 0.6) is 0 Å². The van der Waals surface area contributed by atoms with Crippen LogP contribution in [-0.4, -0.2) is 39.9 Å². The summed E-state index contributed by atoms with van der Waals surface area (Å²) in [7, 11) is 5.34. The van der Waals surface area contributed by atoms with Crippen molar-refractivity contribution in [2.24, 2.45) is 7.05 Å². The summed E-state index contributed by atoms with van der Waals surface area (Å²) in [5.41, 5.74) is 1.43. The minimum Gasteiger partial charge on any atom is -0.480 e. The Morgan fingerprint density at radius 3 is 2.35 bits per heavy atom. The van der Waals surface area contributed by atoms with Crippen LogP contribution in [0.4, 0.5) is 0 Å². The van der Waals surface area contributed by atoms with Gasteiger partial charge in [0.25, 0.3) is 0 Å². The summed E-state index contributed by atoms with van der Waals surface area (Å²) in [6.45, 7) is 6.11. The molecule has 0 spiro atoms. The maximum absolute atomic E-state index is 11.4. The molecule has 1 heterocycles. The van der Waals surface area contributed by atoms with Crippen molar-refractivity contribution < 1.29 is 9.90 Å². The third-order valence-corrected chi connectivity index (χ3v) is 2.61. The fourth-order valence-corrected chi connectivity index (χ4v) is 1.92. The van der Waals surface area contributed by atoms with E-state index in [1.807, 2.05) is 27.8 Å². The lowest BCUT2D eigenvalue weighted by Gasteiger charge is -2.24. The van der Waals surface area contributed by atoms with E-state index in [9.17, 15) is 9.90 Å². The number of aryl methyl sites for hydroxylation is 1. The van der Waals surface area contributed by atoms with Gasteiger partial charge in [-0.3, -0.25) is 14.4 Å². The topological polar surface area (TPSA) is 58.4 Å². The number of hydrogen-bond donors (Lipinski definition) is 1. The average Bonchev–Trinajstić information content (AvgIpc) is 2.44. The smallest absolute Gasteiger partial charge is 0.325 e. The van der Waals surface area contributed by atoms with Crippen LogP contribution in [0.25, 0.3) is 0 Å². The van der Waals surface area contributed by atoms with E-state index in [-0.39, 0.29) is 5.41 Å². The van der Waals surface area contributed by atoms with Gasteiger partial charge in [-0.2, -0.15) is 5.10 Å². The Hall–Kier alpha value is -1.36. The maximum Gasteiger partial charge on any atom is 0.325 e. The highest BCUT2D eigenvalue weighted by molar-refractivity contribution is 5.76. The van der Waals surface area contributed by atoms with Crippen LogP contribution in [0.15, 0.2) is 6.20 Å². The lowest BCUT2D eigenvalue weighted by atomic mass is 9.87. The molecule has 17 heavy (non-hydrogen) atoms. The molecule has 0 aliphatic carbocycles. The molecule has 1 aromatic heterocycles. The molecule has 0 aromatic carbocycles. The third kappa shape index (κ3) is 2.85. The van der Waals surface area contributed by atoms with E-state index in [1.54, 1.807) is 29.9 Å². The molecule has 5 heteroatoms. The molecule has 0 amide bonds. The van der Waals surface area contributed by atoms with Gasteiger partial charge in [0, 0.05) is 24.2 Å². The molecule has 1 unspecified atom stereocenters. The van der Waals surface area contributed by atoms with Gasteiger partial charge < -0.3 is 5.11 Å². The Bertz CT molecular complexity index is 416. The van der Waals surface area contributed by atoms with E-state index in [1.165, 1.54) is 0 Å². The van der Waals surface area contributed by atoms with Crippen LogP contribution in [0.1, 0.15) is 38.1 Å². The van der Waals surface area contributed by atoms with Gasteiger partial charge in [-0.25, -0.2) is 0 Å². The monoisotopic (exact) mass is 239 g/mol. The number of likely N-dealkylation sites (N-methyl/N-ethyl adjacent to an activating group) is 1. The number of rotatable bonds is 3. The van der Waals surface area contributed by atoms with Gasteiger partial charge in [0.05, 0.1) is 5.69 Å². The molecule has 1 rings (SSSR count). The highest BCUT2D eigenvalue weighted by Gasteiger charge is 2.31. The zero-order chi connectivity index (χ0) is 13.4. The molecule has 5 nitrogen and oxygen atoms in total. The predicted molar refractivity (Wildman–Crippen MR) is 66.0 cm³/mol. The van der Waals surface area contributed by atoms with E-state index in [0.717, 1.165) is 11.3 Å². The molecular weight excluding hydrogens is 218 g/mol. The number of aliphatic carboxylic acids is 1. The van der Waals surface area contributed by atoms with Gasteiger partial charge in [0.1, 0.15) is 6.04 Å². The van der Waals surface area contributed by atoms with Crippen LogP contribution in [0.3, 0.4) is 0 Å². The first-order valence-corrected chi connectivity index (χ1v) is 5.58. The first-order valence-electron chi connectivity index (χ1n) is 5.58. The molecule has 0 saturated carbocycles. The molecule has 0 radical (unpaired) electrons. The minimum atomic E-state index is -0.853. The van der Waals surface area contributed by atoms with Crippen molar-refractivity contribution in [1.29, 1.82) is 0 Å². The second kappa shape index (κ2) is 4.49. The second-order valence-electron chi connectivity index (χ2n) is 5.56. The van der Waals surface area contributed by atoms with E-state index in [0.29, 0.717) is 0 Å². The largest absolute Gasteiger partial charge is 0.480 e. The van der Waals surface area contributed by atoms with Gasteiger partial charge in [0.2, 0.25) is 0 Å².